The number of carbonyl (C=O) groups is 2. The highest BCUT2D eigenvalue weighted by molar-refractivity contribution is 9.10. The van der Waals surface area contributed by atoms with E-state index in [1.807, 2.05) is 30.5 Å². The maximum Gasteiger partial charge on any atom is 0.253 e. The van der Waals surface area contributed by atoms with Crippen molar-refractivity contribution < 1.29 is 9.59 Å². The number of carbonyl (C=O) groups excluding carboxylic acids is 2. The van der Waals surface area contributed by atoms with Crippen LogP contribution in [0.25, 0.3) is 0 Å². The summed E-state index contributed by atoms with van der Waals surface area (Å²) < 4.78 is 0.707. The summed E-state index contributed by atoms with van der Waals surface area (Å²) in [5.41, 5.74) is 1.52. The van der Waals surface area contributed by atoms with Crippen LogP contribution in [0.2, 0.25) is 0 Å². The van der Waals surface area contributed by atoms with Crippen LogP contribution in [0, 0.1) is 0 Å². The molecule has 0 bridgehead atoms. The molecule has 2 rings (SSSR count). The lowest BCUT2D eigenvalue weighted by Crippen LogP contribution is -2.47. The van der Waals surface area contributed by atoms with Gasteiger partial charge in [-0.15, -0.1) is 0 Å². The van der Waals surface area contributed by atoms with Crippen LogP contribution < -0.4 is 5.32 Å². The van der Waals surface area contributed by atoms with E-state index in [0.29, 0.717) is 23.0 Å². The molecule has 1 heterocycles. The highest BCUT2D eigenvalue weighted by atomic mass is 79.9. The first kappa shape index (κ1) is 20.5. The maximum atomic E-state index is 12.9. The number of thioether (sulfide) groups is 1. The molecule has 7 heteroatoms. The largest absolute Gasteiger partial charge is 0.340 e. The summed E-state index contributed by atoms with van der Waals surface area (Å²) in [6.07, 6.45) is 5.97. The van der Waals surface area contributed by atoms with E-state index in [4.69, 9.17) is 0 Å². The topological polar surface area (TPSA) is 62.3 Å². The van der Waals surface area contributed by atoms with Gasteiger partial charge in [0, 0.05) is 30.5 Å². The van der Waals surface area contributed by atoms with Crippen LogP contribution in [0.5, 0.6) is 0 Å². The van der Waals surface area contributed by atoms with Crippen LogP contribution in [0.15, 0.2) is 53.3 Å². The first-order chi connectivity index (χ1) is 12.5. The van der Waals surface area contributed by atoms with Gasteiger partial charge in [0.05, 0.1) is 5.56 Å². The third-order valence-corrected chi connectivity index (χ3v) is 5.21. The van der Waals surface area contributed by atoms with Gasteiger partial charge in [-0.3, -0.25) is 14.6 Å². The Morgan fingerprint density at radius 1 is 1.23 bits per heavy atom. The van der Waals surface area contributed by atoms with E-state index in [0.717, 1.165) is 11.3 Å². The summed E-state index contributed by atoms with van der Waals surface area (Å²) in [4.78, 5) is 31.1. The number of nitrogens with zero attached hydrogens (tertiary/aromatic N) is 2. The quantitative estimate of drug-likeness (QED) is 0.690. The molecule has 1 unspecified atom stereocenters. The molecule has 0 aliphatic carbocycles. The number of aromatic nitrogens is 1. The van der Waals surface area contributed by atoms with E-state index in [1.54, 1.807) is 48.2 Å². The number of hydrogen-bond donors (Lipinski definition) is 1. The lowest BCUT2D eigenvalue weighted by molar-refractivity contribution is -0.132. The lowest BCUT2D eigenvalue weighted by atomic mass is 10.1. The molecule has 0 saturated heterocycles. The first-order valence-corrected chi connectivity index (χ1v) is 10.4. The monoisotopic (exact) mass is 435 g/mol. The van der Waals surface area contributed by atoms with Gasteiger partial charge in [-0.05, 0) is 64.2 Å². The number of halogens is 1. The molecule has 1 aromatic carbocycles. The fraction of sp³-hybridized carbons (Fsp3) is 0.316. The highest BCUT2D eigenvalue weighted by Gasteiger charge is 2.24. The number of benzene rings is 1. The van der Waals surface area contributed by atoms with Crippen LogP contribution in [0.3, 0.4) is 0 Å². The highest BCUT2D eigenvalue weighted by Crippen LogP contribution is 2.16. The number of hydrogen-bond acceptors (Lipinski definition) is 4. The molecule has 1 atom stereocenters. The summed E-state index contributed by atoms with van der Waals surface area (Å²) in [5.74, 6) is 0.431. The Labute approximate surface area is 166 Å². The summed E-state index contributed by atoms with van der Waals surface area (Å²) in [7, 11) is 1.75. The average Bonchev–Trinajstić information content (AvgIpc) is 2.65. The lowest BCUT2D eigenvalue weighted by Gasteiger charge is -2.25. The molecular formula is C19H22BrN3O2S. The molecular weight excluding hydrogens is 414 g/mol. The standard InChI is InChI=1S/C19H22BrN3O2S/c1-23(13-14-7-10-21-11-8-14)19(25)17(9-12-26-2)22-18(24)15-5-3-4-6-16(15)20/h3-8,10-11,17H,9,12-13H2,1-2H3,(H,22,24). The van der Waals surface area contributed by atoms with Crippen LogP contribution in [-0.2, 0) is 11.3 Å². The van der Waals surface area contributed by atoms with Crippen molar-refractivity contribution in [2.45, 2.75) is 19.0 Å². The van der Waals surface area contributed by atoms with Crippen molar-refractivity contribution in [2.75, 3.05) is 19.1 Å². The first-order valence-electron chi connectivity index (χ1n) is 8.21. The van der Waals surface area contributed by atoms with Crippen LogP contribution in [-0.4, -0.2) is 46.8 Å². The third-order valence-electron chi connectivity index (χ3n) is 3.88. The molecule has 26 heavy (non-hydrogen) atoms. The van der Waals surface area contributed by atoms with Crippen molar-refractivity contribution in [2.24, 2.45) is 0 Å². The van der Waals surface area contributed by atoms with Gasteiger partial charge in [0.2, 0.25) is 5.91 Å². The van der Waals surface area contributed by atoms with Crippen LogP contribution in [0.1, 0.15) is 22.3 Å². The smallest absolute Gasteiger partial charge is 0.253 e. The van der Waals surface area contributed by atoms with Crippen molar-refractivity contribution >= 4 is 39.5 Å². The normalized spacial score (nSPS) is 11.7. The van der Waals surface area contributed by atoms with Gasteiger partial charge in [0.15, 0.2) is 0 Å². The SMILES string of the molecule is CSCCC(NC(=O)c1ccccc1Br)C(=O)N(C)Cc1ccncc1. The molecule has 1 aromatic heterocycles. The summed E-state index contributed by atoms with van der Waals surface area (Å²) in [6.45, 7) is 0.474. The van der Waals surface area contributed by atoms with Gasteiger partial charge >= 0.3 is 0 Å². The second kappa shape index (κ2) is 10.3. The zero-order valence-corrected chi connectivity index (χ0v) is 17.2. The van der Waals surface area contributed by atoms with Crippen molar-refractivity contribution in [1.82, 2.24) is 15.2 Å². The second-order valence-corrected chi connectivity index (χ2v) is 7.68. The molecule has 1 N–H and O–H groups in total. The minimum Gasteiger partial charge on any atom is -0.340 e. The molecule has 0 aliphatic heterocycles. The van der Waals surface area contributed by atoms with Crippen LogP contribution in [0.4, 0.5) is 0 Å². The van der Waals surface area contributed by atoms with Crippen LogP contribution >= 0.6 is 27.7 Å². The summed E-state index contributed by atoms with van der Waals surface area (Å²) >= 11 is 5.03. The fourth-order valence-corrected chi connectivity index (χ4v) is 3.42. The molecule has 5 nitrogen and oxygen atoms in total. The van der Waals surface area contributed by atoms with Crippen molar-refractivity contribution in [3.05, 3.63) is 64.4 Å². The molecule has 0 saturated carbocycles. The van der Waals surface area contributed by atoms with E-state index >= 15 is 0 Å². The Morgan fingerprint density at radius 2 is 1.92 bits per heavy atom. The molecule has 0 radical (unpaired) electrons. The Hall–Kier alpha value is -1.86. The minimum absolute atomic E-state index is 0.101. The predicted octanol–water partition coefficient (Wildman–Crippen LogP) is 3.35. The molecule has 138 valence electrons. The zero-order valence-electron chi connectivity index (χ0n) is 14.8. The number of amides is 2. The predicted molar refractivity (Wildman–Crippen MR) is 109 cm³/mol. The number of likely N-dealkylation sites (N-methyl/N-ethyl adjacent to an activating group) is 1. The Balaban J connectivity index is 2.08. The third kappa shape index (κ3) is 5.85. The van der Waals surface area contributed by atoms with Gasteiger partial charge in [-0.2, -0.15) is 11.8 Å². The van der Waals surface area contributed by atoms with Crippen molar-refractivity contribution in [3.8, 4) is 0 Å². The molecule has 0 spiro atoms. The zero-order chi connectivity index (χ0) is 18.9. The Kier molecular flexibility index (Phi) is 8.12. The van der Waals surface area contributed by atoms with E-state index < -0.39 is 6.04 Å². The second-order valence-electron chi connectivity index (χ2n) is 5.84. The van der Waals surface area contributed by atoms with Crippen molar-refractivity contribution in [1.29, 1.82) is 0 Å². The van der Waals surface area contributed by atoms with E-state index in [-0.39, 0.29) is 11.8 Å². The molecule has 2 aromatic rings. The average molecular weight is 436 g/mol. The van der Waals surface area contributed by atoms with Gasteiger partial charge in [0.1, 0.15) is 6.04 Å². The van der Waals surface area contributed by atoms with Gasteiger partial charge in [-0.25, -0.2) is 0 Å². The van der Waals surface area contributed by atoms with Gasteiger partial charge in [-0.1, -0.05) is 12.1 Å². The van der Waals surface area contributed by atoms with E-state index in [9.17, 15) is 9.59 Å². The van der Waals surface area contributed by atoms with E-state index in [1.165, 1.54) is 0 Å². The fourth-order valence-electron chi connectivity index (χ4n) is 2.48. The van der Waals surface area contributed by atoms with Crippen molar-refractivity contribution in [3.63, 3.8) is 0 Å². The molecule has 0 fully saturated rings. The van der Waals surface area contributed by atoms with Gasteiger partial charge < -0.3 is 10.2 Å². The van der Waals surface area contributed by atoms with E-state index in [2.05, 4.69) is 26.2 Å². The number of nitrogens with one attached hydrogen (secondary N) is 1. The minimum atomic E-state index is -0.561. The maximum absolute atomic E-state index is 12.9. The Bertz CT molecular complexity index is 743. The summed E-state index contributed by atoms with van der Waals surface area (Å²) in [5, 5.41) is 2.89. The molecule has 2 amide bonds. The number of rotatable bonds is 8. The number of pyridine rings is 1. The van der Waals surface area contributed by atoms with Gasteiger partial charge in [0.25, 0.3) is 5.91 Å². The summed E-state index contributed by atoms with van der Waals surface area (Å²) in [6, 6.07) is 10.4. The molecule has 0 aliphatic rings. The Morgan fingerprint density at radius 3 is 2.58 bits per heavy atom.